The quantitative estimate of drug-likeness (QED) is 0.484. The van der Waals surface area contributed by atoms with Crippen LogP contribution in [0.15, 0.2) is 42.5 Å². The summed E-state index contributed by atoms with van der Waals surface area (Å²) in [7, 11) is 2.94. The van der Waals surface area contributed by atoms with Crippen LogP contribution in [0.25, 0.3) is 0 Å². The van der Waals surface area contributed by atoms with E-state index >= 15 is 0 Å². The average molecular weight is 498 g/mol. The maximum Gasteiger partial charge on any atom is 0.329 e. The standard InChI is InChI=1S/C26H31N3O7/c1-16(2)24(28-25(32)17-12-18(34-3)14-19(13-17)35-4)26(33)36-15-22(30)27-20-8-5-6-9-21(20)29-11-7-10-23(29)31/h5-6,8-9,12-14,16,24H,7,10-11,15H2,1-4H3,(H,27,30)(H,28,32)/t24-/m0/s1. The van der Waals surface area contributed by atoms with E-state index in [4.69, 9.17) is 14.2 Å². The first kappa shape index (κ1) is 26.5. The Morgan fingerprint density at radius 1 is 1.03 bits per heavy atom. The molecule has 0 aliphatic carbocycles. The van der Waals surface area contributed by atoms with Gasteiger partial charge >= 0.3 is 5.97 Å². The largest absolute Gasteiger partial charge is 0.497 e. The summed E-state index contributed by atoms with van der Waals surface area (Å²) < 4.78 is 15.6. The summed E-state index contributed by atoms with van der Waals surface area (Å²) in [6, 6.07) is 10.6. The van der Waals surface area contributed by atoms with Crippen LogP contribution >= 0.6 is 0 Å². The predicted molar refractivity (Wildman–Crippen MR) is 133 cm³/mol. The predicted octanol–water partition coefficient (Wildman–Crippen LogP) is 2.77. The van der Waals surface area contributed by atoms with Gasteiger partial charge in [-0.05, 0) is 36.6 Å². The van der Waals surface area contributed by atoms with Crippen molar-refractivity contribution in [2.45, 2.75) is 32.7 Å². The van der Waals surface area contributed by atoms with E-state index in [1.54, 1.807) is 49.1 Å². The molecule has 0 saturated carbocycles. The molecule has 0 spiro atoms. The number of nitrogens with one attached hydrogen (secondary N) is 2. The van der Waals surface area contributed by atoms with Gasteiger partial charge in [-0.3, -0.25) is 14.4 Å². The van der Waals surface area contributed by atoms with Crippen molar-refractivity contribution in [3.05, 3.63) is 48.0 Å². The molecule has 1 atom stereocenters. The molecule has 36 heavy (non-hydrogen) atoms. The van der Waals surface area contributed by atoms with Gasteiger partial charge in [0.1, 0.15) is 17.5 Å². The van der Waals surface area contributed by atoms with Crippen LogP contribution in [0.3, 0.4) is 0 Å². The number of rotatable bonds is 10. The molecule has 0 unspecified atom stereocenters. The van der Waals surface area contributed by atoms with Gasteiger partial charge in [0.05, 0.1) is 25.6 Å². The van der Waals surface area contributed by atoms with E-state index in [0.29, 0.717) is 35.8 Å². The van der Waals surface area contributed by atoms with Gasteiger partial charge in [-0.15, -0.1) is 0 Å². The molecule has 1 aliphatic rings. The average Bonchev–Trinajstić information content (AvgIpc) is 3.30. The summed E-state index contributed by atoms with van der Waals surface area (Å²) in [5, 5.41) is 5.36. The van der Waals surface area contributed by atoms with Crippen LogP contribution in [0.1, 0.15) is 37.0 Å². The minimum absolute atomic E-state index is 0.00713. The lowest BCUT2D eigenvalue weighted by molar-refractivity contribution is -0.150. The Bertz CT molecular complexity index is 1110. The molecule has 192 valence electrons. The lowest BCUT2D eigenvalue weighted by atomic mass is 10.0. The zero-order valence-corrected chi connectivity index (χ0v) is 20.8. The molecular formula is C26H31N3O7. The second kappa shape index (κ2) is 12.1. The number of esters is 1. The van der Waals surface area contributed by atoms with Crippen molar-refractivity contribution < 1.29 is 33.4 Å². The van der Waals surface area contributed by atoms with Crippen LogP contribution < -0.4 is 25.0 Å². The Hall–Kier alpha value is -4.08. The molecule has 10 nitrogen and oxygen atoms in total. The maximum absolute atomic E-state index is 12.8. The van der Waals surface area contributed by atoms with Gasteiger partial charge in [0, 0.05) is 24.6 Å². The number of anilines is 2. The molecule has 1 fully saturated rings. The molecule has 1 heterocycles. The number of amides is 3. The number of benzene rings is 2. The summed E-state index contributed by atoms with van der Waals surface area (Å²) in [5.41, 5.74) is 1.30. The number of carbonyl (C=O) groups excluding carboxylic acids is 4. The fourth-order valence-corrected chi connectivity index (χ4v) is 3.79. The van der Waals surface area contributed by atoms with Gasteiger partial charge in [0.2, 0.25) is 5.91 Å². The number of hydrogen-bond acceptors (Lipinski definition) is 7. The van der Waals surface area contributed by atoms with Gasteiger partial charge in [0.25, 0.3) is 11.8 Å². The van der Waals surface area contributed by atoms with Gasteiger partial charge in [-0.1, -0.05) is 26.0 Å². The fourth-order valence-electron chi connectivity index (χ4n) is 3.79. The normalized spacial score (nSPS) is 13.8. The van der Waals surface area contributed by atoms with E-state index in [1.165, 1.54) is 26.4 Å². The van der Waals surface area contributed by atoms with Crippen molar-refractivity contribution >= 4 is 35.1 Å². The smallest absolute Gasteiger partial charge is 0.329 e. The monoisotopic (exact) mass is 497 g/mol. The minimum atomic E-state index is -0.989. The Morgan fingerprint density at radius 3 is 2.28 bits per heavy atom. The van der Waals surface area contributed by atoms with E-state index < -0.39 is 30.4 Å². The van der Waals surface area contributed by atoms with Crippen LogP contribution in [0.5, 0.6) is 11.5 Å². The van der Waals surface area contributed by atoms with Crippen molar-refractivity contribution in [1.82, 2.24) is 5.32 Å². The third kappa shape index (κ3) is 6.53. The third-order valence-corrected chi connectivity index (χ3v) is 5.71. The molecule has 1 aliphatic heterocycles. The number of para-hydroxylation sites is 2. The SMILES string of the molecule is COc1cc(OC)cc(C(=O)N[C@H](C(=O)OCC(=O)Nc2ccccc2N2CCCC2=O)C(C)C)c1. The molecule has 1 saturated heterocycles. The Balaban J connectivity index is 1.62. The summed E-state index contributed by atoms with van der Waals surface area (Å²) in [6.07, 6.45) is 1.22. The van der Waals surface area contributed by atoms with Crippen molar-refractivity contribution in [3.8, 4) is 11.5 Å². The molecular weight excluding hydrogens is 466 g/mol. The van der Waals surface area contributed by atoms with Crippen LogP contribution in [0.4, 0.5) is 11.4 Å². The third-order valence-electron chi connectivity index (χ3n) is 5.71. The molecule has 2 N–H and O–H groups in total. The number of carbonyl (C=O) groups is 4. The highest BCUT2D eigenvalue weighted by atomic mass is 16.5. The first-order chi connectivity index (χ1) is 17.2. The van der Waals surface area contributed by atoms with Crippen molar-refractivity contribution in [2.75, 3.05) is 37.6 Å². The second-order valence-electron chi connectivity index (χ2n) is 8.62. The molecule has 0 radical (unpaired) electrons. The molecule has 3 rings (SSSR count). The zero-order valence-electron chi connectivity index (χ0n) is 20.8. The second-order valence-corrected chi connectivity index (χ2v) is 8.62. The fraction of sp³-hybridized carbons (Fsp3) is 0.385. The van der Waals surface area contributed by atoms with Crippen LogP contribution in [0, 0.1) is 5.92 Å². The molecule has 0 bridgehead atoms. The Labute approximate surface area is 209 Å². The molecule has 0 aromatic heterocycles. The highest BCUT2D eigenvalue weighted by Gasteiger charge is 2.28. The van der Waals surface area contributed by atoms with Gasteiger partial charge < -0.3 is 29.7 Å². The van der Waals surface area contributed by atoms with E-state index in [2.05, 4.69) is 10.6 Å². The zero-order chi connectivity index (χ0) is 26.2. The van der Waals surface area contributed by atoms with E-state index in [1.807, 2.05) is 0 Å². The van der Waals surface area contributed by atoms with E-state index in [-0.39, 0.29) is 17.4 Å². The summed E-state index contributed by atoms with van der Waals surface area (Å²) in [6.45, 7) is 3.53. The molecule has 10 heteroatoms. The van der Waals surface area contributed by atoms with Crippen molar-refractivity contribution in [3.63, 3.8) is 0 Å². The van der Waals surface area contributed by atoms with Crippen LogP contribution in [-0.2, 0) is 19.1 Å². The highest BCUT2D eigenvalue weighted by Crippen LogP contribution is 2.29. The van der Waals surface area contributed by atoms with E-state index in [0.717, 1.165) is 6.42 Å². The Kier molecular flexibility index (Phi) is 8.88. The van der Waals surface area contributed by atoms with Gasteiger partial charge in [-0.25, -0.2) is 4.79 Å². The molecule has 2 aromatic carbocycles. The number of hydrogen-bond donors (Lipinski definition) is 2. The maximum atomic E-state index is 12.8. The molecule has 3 amide bonds. The summed E-state index contributed by atoms with van der Waals surface area (Å²) in [4.78, 5) is 51.9. The number of nitrogens with zero attached hydrogens (tertiary/aromatic N) is 1. The minimum Gasteiger partial charge on any atom is -0.497 e. The van der Waals surface area contributed by atoms with Crippen molar-refractivity contribution in [2.24, 2.45) is 5.92 Å². The highest BCUT2D eigenvalue weighted by molar-refractivity contribution is 6.03. The lowest BCUT2D eigenvalue weighted by Crippen LogP contribution is -2.46. The van der Waals surface area contributed by atoms with Gasteiger partial charge in [-0.2, -0.15) is 0 Å². The number of ether oxygens (including phenoxy) is 3. The van der Waals surface area contributed by atoms with E-state index in [9.17, 15) is 19.2 Å². The first-order valence-electron chi connectivity index (χ1n) is 11.6. The molecule has 2 aromatic rings. The topological polar surface area (TPSA) is 123 Å². The van der Waals surface area contributed by atoms with Gasteiger partial charge in [0.15, 0.2) is 6.61 Å². The number of methoxy groups -OCH3 is 2. The summed E-state index contributed by atoms with van der Waals surface area (Å²) >= 11 is 0. The first-order valence-corrected chi connectivity index (χ1v) is 11.6. The lowest BCUT2D eigenvalue weighted by Gasteiger charge is -2.22. The summed E-state index contributed by atoms with van der Waals surface area (Å²) in [5.74, 6) is -1.28. The van der Waals surface area contributed by atoms with Crippen molar-refractivity contribution in [1.29, 1.82) is 0 Å². The van der Waals surface area contributed by atoms with Crippen LogP contribution in [0.2, 0.25) is 0 Å². The Morgan fingerprint density at radius 2 is 1.69 bits per heavy atom. The van der Waals surface area contributed by atoms with Crippen LogP contribution in [-0.4, -0.2) is 57.1 Å².